The summed E-state index contributed by atoms with van der Waals surface area (Å²) in [6.45, 7) is 4.06. The summed E-state index contributed by atoms with van der Waals surface area (Å²) >= 11 is 7.48. The van der Waals surface area contributed by atoms with Gasteiger partial charge in [0.05, 0.1) is 0 Å². The number of allylic oxidation sites excluding steroid dienone is 1. The van der Waals surface area contributed by atoms with Gasteiger partial charge in [-0.05, 0) is 71.8 Å². The fourth-order valence-electron chi connectivity index (χ4n) is 2.60. The summed E-state index contributed by atoms with van der Waals surface area (Å²) in [5.74, 6) is 0.386. The molecule has 27 heavy (non-hydrogen) atoms. The van der Waals surface area contributed by atoms with Gasteiger partial charge < -0.3 is 10.9 Å². The molecule has 0 spiro atoms. The molecule has 2 amide bonds. The lowest BCUT2D eigenvalue weighted by molar-refractivity contribution is 0.0454. The number of anilines is 1. The first-order valence-corrected chi connectivity index (χ1v) is 9.60. The molecule has 0 aliphatic heterocycles. The minimum atomic E-state index is -0.663. The number of hydrogen-bond acceptors (Lipinski definition) is 5. The van der Waals surface area contributed by atoms with E-state index in [9.17, 15) is 10.0 Å². The Kier molecular flexibility index (Phi) is 7.67. The van der Waals surface area contributed by atoms with Crippen molar-refractivity contribution >= 4 is 41.0 Å². The maximum Gasteiger partial charge on any atom is 0.317 e. The number of aromatic nitrogens is 1. The molecule has 0 bridgehead atoms. The number of carbonyl (C=O) groups is 1. The number of amides is 2. The van der Waals surface area contributed by atoms with Crippen molar-refractivity contribution in [3.05, 3.63) is 58.3 Å². The molecule has 1 aromatic carbocycles. The Bertz CT molecular complexity index is 856. The Morgan fingerprint density at radius 3 is 2.78 bits per heavy atom. The van der Waals surface area contributed by atoms with Crippen LogP contribution in [0.4, 0.5) is 10.6 Å². The number of urea groups is 1. The van der Waals surface area contributed by atoms with E-state index in [4.69, 9.17) is 17.3 Å². The zero-order valence-electron chi connectivity index (χ0n) is 15.5. The fourth-order valence-corrected chi connectivity index (χ4v) is 3.57. The smallest absolute Gasteiger partial charge is 0.317 e. The first-order valence-electron chi connectivity index (χ1n) is 8.45. The Labute approximate surface area is 168 Å². The number of carbonyl (C=O) groups excluding carboxylic acids is 1. The number of hydrogen-bond donors (Lipinski definition) is 3. The number of rotatable bonds is 7. The van der Waals surface area contributed by atoms with Crippen molar-refractivity contribution in [3.63, 3.8) is 0 Å². The molecule has 2 rings (SSSR count). The van der Waals surface area contributed by atoms with E-state index in [-0.39, 0.29) is 0 Å². The molecule has 8 heteroatoms. The van der Waals surface area contributed by atoms with Gasteiger partial charge in [-0.1, -0.05) is 31.0 Å². The van der Waals surface area contributed by atoms with Crippen LogP contribution in [0, 0.1) is 6.92 Å². The molecule has 0 fully saturated rings. The number of halogens is 1. The van der Waals surface area contributed by atoms with Crippen molar-refractivity contribution in [3.8, 4) is 0 Å². The maximum atomic E-state index is 11.2. The van der Waals surface area contributed by atoms with Crippen LogP contribution in [0.15, 0.2) is 41.4 Å². The van der Waals surface area contributed by atoms with Crippen LogP contribution >= 0.6 is 23.5 Å². The normalized spacial score (nSPS) is 11.7. The van der Waals surface area contributed by atoms with Gasteiger partial charge in [-0.2, -0.15) is 0 Å². The van der Waals surface area contributed by atoms with Gasteiger partial charge in [-0.25, -0.2) is 9.78 Å². The molecule has 6 nitrogen and oxygen atoms in total. The standard InChI is InChI=1S/C19H23ClN4O2S/c1-4-5-6-16(13-7-14(20)9-15(8-13)27-24(3)26)17-10-18(23-19(21)25)22-11-12(17)2/h6-11,26H,4-5H2,1-3H3,(H3,21,22,23,25)/b16-6-. The second-order valence-corrected chi connectivity index (χ2v) is 7.63. The SMILES string of the molecule is CCC/C=C(/c1cc(Cl)cc(SN(C)O)c1)c1cc(NC(N)=O)ncc1C. The van der Waals surface area contributed by atoms with Crippen LogP contribution in [0.25, 0.3) is 5.57 Å². The van der Waals surface area contributed by atoms with Crippen molar-refractivity contribution < 1.29 is 10.0 Å². The van der Waals surface area contributed by atoms with Crippen molar-refractivity contribution in [2.75, 3.05) is 12.4 Å². The lowest BCUT2D eigenvalue weighted by Gasteiger charge is -2.15. The molecule has 4 N–H and O–H groups in total. The third-order valence-electron chi connectivity index (χ3n) is 3.70. The quantitative estimate of drug-likeness (QED) is 0.439. The second kappa shape index (κ2) is 9.75. The van der Waals surface area contributed by atoms with Crippen molar-refractivity contribution in [1.29, 1.82) is 0 Å². The highest BCUT2D eigenvalue weighted by atomic mass is 35.5. The molecule has 0 aliphatic rings. The average Bonchev–Trinajstić information content (AvgIpc) is 2.56. The van der Waals surface area contributed by atoms with Crippen LogP contribution in [0.5, 0.6) is 0 Å². The number of nitrogens with one attached hydrogen (secondary N) is 1. The van der Waals surface area contributed by atoms with Crippen molar-refractivity contribution in [2.24, 2.45) is 5.73 Å². The number of primary amides is 1. The van der Waals surface area contributed by atoms with Gasteiger partial charge in [0.25, 0.3) is 0 Å². The van der Waals surface area contributed by atoms with Crippen molar-refractivity contribution in [1.82, 2.24) is 9.45 Å². The number of nitrogens with zero attached hydrogens (tertiary/aromatic N) is 2. The zero-order valence-corrected chi connectivity index (χ0v) is 17.1. The minimum Gasteiger partial charge on any atom is -0.351 e. The molecule has 144 valence electrons. The molecule has 0 unspecified atom stereocenters. The summed E-state index contributed by atoms with van der Waals surface area (Å²) in [7, 11) is 1.55. The monoisotopic (exact) mass is 406 g/mol. The van der Waals surface area contributed by atoms with Crippen LogP contribution in [0.1, 0.15) is 36.5 Å². The lowest BCUT2D eigenvalue weighted by Crippen LogP contribution is -2.20. The number of pyridine rings is 1. The summed E-state index contributed by atoms with van der Waals surface area (Å²) in [4.78, 5) is 16.2. The topological polar surface area (TPSA) is 91.5 Å². The van der Waals surface area contributed by atoms with E-state index in [1.807, 2.05) is 19.1 Å². The van der Waals surface area contributed by atoms with E-state index >= 15 is 0 Å². The van der Waals surface area contributed by atoms with Gasteiger partial charge in [0.15, 0.2) is 0 Å². The van der Waals surface area contributed by atoms with Crippen LogP contribution in [-0.4, -0.2) is 27.7 Å². The van der Waals surface area contributed by atoms with E-state index < -0.39 is 6.03 Å². The fraction of sp³-hybridized carbons (Fsp3) is 0.263. The summed E-state index contributed by atoms with van der Waals surface area (Å²) in [5.41, 5.74) is 9.00. The highest BCUT2D eigenvalue weighted by Gasteiger charge is 2.13. The maximum absolute atomic E-state index is 11.2. The summed E-state index contributed by atoms with van der Waals surface area (Å²) in [5, 5.41) is 12.6. The minimum absolute atomic E-state index is 0.386. The van der Waals surface area contributed by atoms with E-state index in [0.717, 1.165) is 44.5 Å². The number of nitrogens with two attached hydrogens (primary N) is 1. The Morgan fingerprint density at radius 1 is 1.41 bits per heavy atom. The molecule has 2 aromatic rings. The molecular weight excluding hydrogens is 384 g/mol. The number of benzene rings is 1. The predicted octanol–water partition coefficient (Wildman–Crippen LogP) is 5.09. The van der Waals surface area contributed by atoms with Crippen LogP contribution < -0.4 is 11.1 Å². The van der Waals surface area contributed by atoms with Crippen LogP contribution in [-0.2, 0) is 0 Å². The van der Waals surface area contributed by atoms with Gasteiger partial charge in [0.1, 0.15) is 5.82 Å². The predicted molar refractivity (Wildman–Crippen MR) is 111 cm³/mol. The van der Waals surface area contributed by atoms with Gasteiger partial charge in [-0.15, -0.1) is 4.47 Å². The molecule has 1 heterocycles. The first-order chi connectivity index (χ1) is 12.8. The molecular formula is C19H23ClN4O2S. The van der Waals surface area contributed by atoms with Crippen LogP contribution in [0.2, 0.25) is 5.02 Å². The number of unbranched alkanes of at least 4 members (excludes halogenated alkanes) is 1. The Balaban J connectivity index is 2.57. The second-order valence-electron chi connectivity index (χ2n) is 6.01. The Morgan fingerprint density at radius 2 is 2.15 bits per heavy atom. The van der Waals surface area contributed by atoms with Crippen molar-refractivity contribution in [2.45, 2.75) is 31.6 Å². The summed E-state index contributed by atoms with van der Waals surface area (Å²) < 4.78 is 1.03. The van der Waals surface area contributed by atoms with E-state index in [0.29, 0.717) is 10.8 Å². The largest absolute Gasteiger partial charge is 0.351 e. The highest BCUT2D eigenvalue weighted by molar-refractivity contribution is 7.96. The van der Waals surface area contributed by atoms with E-state index in [1.165, 1.54) is 11.9 Å². The molecule has 1 aromatic heterocycles. The highest BCUT2D eigenvalue weighted by Crippen LogP contribution is 2.33. The molecule has 0 aliphatic carbocycles. The van der Waals surface area contributed by atoms with Gasteiger partial charge in [0.2, 0.25) is 0 Å². The third kappa shape index (κ3) is 6.25. The zero-order chi connectivity index (χ0) is 20.0. The number of aryl methyl sites for hydroxylation is 1. The summed E-state index contributed by atoms with van der Waals surface area (Å²) in [6.07, 6.45) is 5.70. The number of hydroxylamine groups is 1. The van der Waals surface area contributed by atoms with Gasteiger partial charge >= 0.3 is 6.03 Å². The lowest BCUT2D eigenvalue weighted by atomic mass is 9.94. The van der Waals surface area contributed by atoms with E-state index in [1.54, 1.807) is 25.4 Å². The summed E-state index contributed by atoms with van der Waals surface area (Å²) in [6, 6.07) is 6.77. The Hall–Kier alpha value is -2.06. The van der Waals surface area contributed by atoms with Crippen LogP contribution in [0.3, 0.4) is 0 Å². The molecule has 0 saturated heterocycles. The van der Waals surface area contributed by atoms with Gasteiger partial charge in [-0.3, -0.25) is 5.32 Å². The van der Waals surface area contributed by atoms with Gasteiger partial charge in [0, 0.05) is 23.2 Å². The molecule has 0 atom stereocenters. The first kappa shape index (κ1) is 21.2. The molecule has 0 radical (unpaired) electrons. The van der Waals surface area contributed by atoms with E-state index in [2.05, 4.69) is 23.3 Å². The molecule has 0 saturated carbocycles. The third-order valence-corrected chi connectivity index (χ3v) is 4.63. The average molecular weight is 407 g/mol.